The quantitative estimate of drug-likeness (QED) is 0.589. The zero-order chi connectivity index (χ0) is 18.7. The summed E-state index contributed by atoms with van der Waals surface area (Å²) in [5, 5.41) is 8.69. The maximum Gasteiger partial charge on any atom is 0.303 e. The Kier molecular flexibility index (Phi) is 5.53. The monoisotopic (exact) mass is 391 g/mol. The first-order chi connectivity index (χ1) is 12.5. The summed E-state index contributed by atoms with van der Waals surface area (Å²) in [6, 6.07) is 9.55. The molecule has 134 valence electrons. The van der Waals surface area contributed by atoms with Crippen molar-refractivity contribution in [1.29, 1.82) is 0 Å². The van der Waals surface area contributed by atoms with Gasteiger partial charge in [-0.1, -0.05) is 36.1 Å². The van der Waals surface area contributed by atoms with E-state index in [1.165, 1.54) is 11.0 Å². The lowest BCUT2D eigenvalue weighted by molar-refractivity contribution is -0.137. The number of carboxylic acids is 1. The summed E-state index contributed by atoms with van der Waals surface area (Å²) >= 11 is 6.32. The predicted molar refractivity (Wildman–Crippen MR) is 101 cm³/mol. The average Bonchev–Trinajstić information content (AvgIpc) is 3.15. The Bertz CT molecular complexity index is 906. The van der Waals surface area contributed by atoms with E-state index in [0.717, 1.165) is 11.8 Å². The molecule has 8 heteroatoms. The maximum absolute atomic E-state index is 13.8. The molecule has 26 heavy (non-hydrogen) atoms. The topological polar surface area (TPSA) is 70.8 Å². The minimum atomic E-state index is -0.915. The van der Waals surface area contributed by atoms with Gasteiger partial charge in [0.2, 0.25) is 0 Å². The molecule has 2 aromatic rings. The fourth-order valence-corrected chi connectivity index (χ4v) is 3.74. The highest BCUT2D eigenvalue weighted by molar-refractivity contribution is 8.26. The number of nitrogens with zero attached hydrogens (tertiary/aromatic N) is 1. The number of amides is 1. The Hall–Kier alpha value is -2.45. The second-order valence-electron chi connectivity index (χ2n) is 5.51. The molecule has 0 aliphatic carbocycles. The fraction of sp³-hybridized carbons (Fsp3) is 0.167. The Morgan fingerprint density at radius 2 is 2.08 bits per heavy atom. The van der Waals surface area contributed by atoms with Gasteiger partial charge < -0.3 is 9.52 Å². The van der Waals surface area contributed by atoms with E-state index in [1.54, 1.807) is 36.4 Å². The number of carboxylic acid groups (broad SMARTS) is 1. The van der Waals surface area contributed by atoms with Crippen LogP contribution in [0.4, 0.5) is 4.39 Å². The Balaban J connectivity index is 1.75. The molecule has 1 amide bonds. The van der Waals surface area contributed by atoms with Crippen LogP contribution >= 0.6 is 24.0 Å². The highest BCUT2D eigenvalue weighted by Gasteiger charge is 2.32. The fourth-order valence-electron chi connectivity index (χ4n) is 2.45. The van der Waals surface area contributed by atoms with Gasteiger partial charge >= 0.3 is 5.97 Å². The Morgan fingerprint density at radius 3 is 2.81 bits per heavy atom. The van der Waals surface area contributed by atoms with Gasteiger partial charge in [-0.05, 0) is 30.7 Å². The third kappa shape index (κ3) is 4.03. The van der Waals surface area contributed by atoms with Crippen molar-refractivity contribution in [2.75, 3.05) is 6.54 Å². The van der Waals surface area contributed by atoms with E-state index >= 15 is 0 Å². The number of carbonyl (C=O) groups excluding carboxylic acids is 1. The number of thiocarbonyl (C=S) groups is 1. The van der Waals surface area contributed by atoms with Gasteiger partial charge in [0, 0.05) is 19.0 Å². The minimum Gasteiger partial charge on any atom is -0.481 e. The predicted octanol–water partition coefficient (Wildman–Crippen LogP) is 4.15. The standard InChI is InChI=1S/C18H14FNO4S2/c19-13-5-2-1-4-12(13)14-8-7-11(24-14)10-15-17(23)20(18(25)26-15)9-3-6-16(21)22/h1-2,4-5,7-8,10H,3,6,9H2,(H,21,22)/b15-10-. The van der Waals surface area contributed by atoms with Crippen molar-refractivity contribution < 1.29 is 23.5 Å². The highest BCUT2D eigenvalue weighted by atomic mass is 32.2. The first-order valence-electron chi connectivity index (χ1n) is 7.77. The SMILES string of the molecule is O=C(O)CCCN1C(=O)/C(=C/c2ccc(-c3ccccc3F)o2)SC1=S. The van der Waals surface area contributed by atoms with E-state index in [9.17, 15) is 14.0 Å². The molecule has 0 spiro atoms. The average molecular weight is 391 g/mol. The van der Waals surface area contributed by atoms with E-state index in [-0.39, 0.29) is 18.9 Å². The summed E-state index contributed by atoms with van der Waals surface area (Å²) in [6.07, 6.45) is 1.86. The minimum absolute atomic E-state index is 0.0275. The lowest BCUT2D eigenvalue weighted by atomic mass is 10.1. The molecule has 1 aromatic heterocycles. The van der Waals surface area contributed by atoms with Gasteiger partial charge in [0.1, 0.15) is 21.7 Å². The number of furan rings is 1. The lowest BCUT2D eigenvalue weighted by Crippen LogP contribution is -2.29. The van der Waals surface area contributed by atoms with Crippen LogP contribution in [0.3, 0.4) is 0 Å². The zero-order valence-electron chi connectivity index (χ0n) is 13.5. The number of thioether (sulfide) groups is 1. The molecular formula is C18H14FNO4S2. The largest absolute Gasteiger partial charge is 0.481 e. The molecule has 5 nitrogen and oxygen atoms in total. The summed E-state index contributed by atoms with van der Waals surface area (Å²) < 4.78 is 19.8. The molecular weight excluding hydrogens is 377 g/mol. The van der Waals surface area contributed by atoms with E-state index in [1.807, 2.05) is 0 Å². The van der Waals surface area contributed by atoms with Gasteiger partial charge in [0.25, 0.3) is 5.91 Å². The molecule has 2 heterocycles. The number of aliphatic carboxylic acids is 1. The van der Waals surface area contributed by atoms with Crippen molar-refractivity contribution in [3.63, 3.8) is 0 Å². The van der Waals surface area contributed by atoms with E-state index in [2.05, 4.69) is 0 Å². The molecule has 3 rings (SSSR count). The van der Waals surface area contributed by atoms with Crippen molar-refractivity contribution in [3.8, 4) is 11.3 Å². The van der Waals surface area contributed by atoms with Crippen LogP contribution in [0.2, 0.25) is 0 Å². The molecule has 1 N–H and O–H groups in total. The maximum atomic E-state index is 13.8. The second-order valence-corrected chi connectivity index (χ2v) is 7.19. The van der Waals surface area contributed by atoms with Crippen LogP contribution in [0.25, 0.3) is 17.4 Å². The normalized spacial score (nSPS) is 15.9. The van der Waals surface area contributed by atoms with Crippen LogP contribution in [0, 0.1) is 5.82 Å². The first-order valence-corrected chi connectivity index (χ1v) is 9.00. The number of hydrogen-bond donors (Lipinski definition) is 1. The van der Waals surface area contributed by atoms with Gasteiger partial charge in [-0.2, -0.15) is 0 Å². The number of halogens is 1. The van der Waals surface area contributed by atoms with E-state index in [4.69, 9.17) is 21.7 Å². The van der Waals surface area contributed by atoms with Crippen LogP contribution in [-0.4, -0.2) is 32.7 Å². The molecule has 1 aliphatic rings. The van der Waals surface area contributed by atoms with E-state index < -0.39 is 11.8 Å². The van der Waals surface area contributed by atoms with Crippen molar-refractivity contribution >= 4 is 46.3 Å². The third-order valence-electron chi connectivity index (χ3n) is 3.69. The van der Waals surface area contributed by atoms with Gasteiger partial charge in [-0.15, -0.1) is 0 Å². The highest BCUT2D eigenvalue weighted by Crippen LogP contribution is 2.34. The van der Waals surface area contributed by atoms with Crippen LogP contribution in [0.1, 0.15) is 18.6 Å². The van der Waals surface area contributed by atoms with Gasteiger partial charge in [0.05, 0.1) is 10.5 Å². The molecule has 1 aliphatic heterocycles. The number of carbonyl (C=O) groups is 2. The first kappa shape index (κ1) is 18.3. The number of benzene rings is 1. The van der Waals surface area contributed by atoms with Crippen LogP contribution in [-0.2, 0) is 9.59 Å². The number of hydrogen-bond acceptors (Lipinski definition) is 5. The van der Waals surface area contributed by atoms with Crippen molar-refractivity contribution in [2.45, 2.75) is 12.8 Å². The molecule has 1 aromatic carbocycles. The lowest BCUT2D eigenvalue weighted by Gasteiger charge is -2.13. The molecule has 0 unspecified atom stereocenters. The Morgan fingerprint density at radius 1 is 1.31 bits per heavy atom. The summed E-state index contributed by atoms with van der Waals surface area (Å²) in [7, 11) is 0. The molecule has 1 fully saturated rings. The molecule has 0 saturated carbocycles. The van der Waals surface area contributed by atoms with Gasteiger partial charge in [-0.3, -0.25) is 14.5 Å². The van der Waals surface area contributed by atoms with Crippen molar-refractivity contribution in [2.24, 2.45) is 0 Å². The van der Waals surface area contributed by atoms with Crippen LogP contribution < -0.4 is 0 Å². The smallest absolute Gasteiger partial charge is 0.303 e. The molecule has 1 saturated heterocycles. The van der Waals surface area contributed by atoms with Gasteiger partial charge in [0.15, 0.2) is 0 Å². The van der Waals surface area contributed by atoms with Gasteiger partial charge in [-0.25, -0.2) is 4.39 Å². The zero-order valence-corrected chi connectivity index (χ0v) is 15.1. The second kappa shape index (κ2) is 7.84. The number of rotatable bonds is 6. The van der Waals surface area contributed by atoms with Crippen molar-refractivity contribution in [3.05, 3.63) is 52.9 Å². The molecule has 0 bridgehead atoms. The van der Waals surface area contributed by atoms with Crippen molar-refractivity contribution in [1.82, 2.24) is 4.90 Å². The molecule has 0 radical (unpaired) electrons. The summed E-state index contributed by atoms with van der Waals surface area (Å²) in [4.78, 5) is 24.8. The Labute approximate surface area is 158 Å². The van der Waals surface area contributed by atoms with E-state index in [0.29, 0.717) is 32.7 Å². The summed E-state index contributed by atoms with van der Waals surface area (Å²) in [5.41, 5.74) is 0.341. The third-order valence-corrected chi connectivity index (χ3v) is 5.06. The summed E-state index contributed by atoms with van der Waals surface area (Å²) in [5.74, 6) is -0.810. The van der Waals surface area contributed by atoms with Crippen LogP contribution in [0.5, 0.6) is 0 Å². The molecule has 0 atom stereocenters. The van der Waals surface area contributed by atoms with Crippen LogP contribution in [0.15, 0.2) is 45.7 Å². The summed E-state index contributed by atoms with van der Waals surface area (Å²) in [6.45, 7) is 0.257.